The predicted molar refractivity (Wildman–Crippen MR) is 89.2 cm³/mol. The minimum atomic E-state index is 1.06. The van der Waals surface area contributed by atoms with Crippen molar-refractivity contribution in [2.24, 2.45) is 0 Å². The van der Waals surface area contributed by atoms with Crippen molar-refractivity contribution in [3.63, 3.8) is 0 Å². The molecule has 0 atom stereocenters. The monoisotopic (exact) mass is 273 g/mol. The summed E-state index contributed by atoms with van der Waals surface area (Å²) in [5, 5.41) is 10.5. The second-order valence-corrected chi connectivity index (χ2v) is 5.01. The van der Waals surface area contributed by atoms with E-state index in [4.69, 9.17) is 0 Å². The molecule has 1 heterocycles. The zero-order chi connectivity index (χ0) is 14.1. The number of hydrogen-bond donors (Lipinski definition) is 3. The SMILES string of the molecule is c1ccc2c(c1)Nc1ccccc1Nc1ccccc1N2. The number of fused-ring (bicyclic) bond motifs is 3. The summed E-state index contributed by atoms with van der Waals surface area (Å²) in [6, 6.07) is 24.7. The number of nitrogens with one attached hydrogen (secondary N) is 3. The maximum Gasteiger partial charge on any atom is 0.0624 e. The Morgan fingerprint density at radius 1 is 0.333 bits per heavy atom. The van der Waals surface area contributed by atoms with E-state index in [0.29, 0.717) is 0 Å². The lowest BCUT2D eigenvalue weighted by Crippen LogP contribution is -1.96. The molecule has 0 radical (unpaired) electrons. The summed E-state index contributed by atoms with van der Waals surface area (Å²) in [6.07, 6.45) is 0. The van der Waals surface area contributed by atoms with Crippen molar-refractivity contribution in [2.75, 3.05) is 16.0 Å². The smallest absolute Gasteiger partial charge is 0.0624 e. The average Bonchev–Trinajstić information content (AvgIpc) is 2.59. The van der Waals surface area contributed by atoms with Gasteiger partial charge in [-0.3, -0.25) is 0 Å². The Bertz CT molecular complexity index is 625. The van der Waals surface area contributed by atoms with Crippen LogP contribution in [0.4, 0.5) is 34.1 Å². The normalized spacial score (nSPS) is 12.0. The lowest BCUT2D eigenvalue weighted by Gasteiger charge is -2.13. The summed E-state index contributed by atoms with van der Waals surface area (Å²) in [7, 11) is 0. The third-order valence-electron chi connectivity index (χ3n) is 3.59. The molecule has 3 nitrogen and oxygen atoms in total. The molecule has 3 aromatic carbocycles. The van der Waals surface area contributed by atoms with Gasteiger partial charge in [0.15, 0.2) is 0 Å². The first-order valence-electron chi connectivity index (χ1n) is 6.98. The zero-order valence-corrected chi connectivity index (χ0v) is 11.4. The molecule has 0 unspecified atom stereocenters. The van der Waals surface area contributed by atoms with Gasteiger partial charge in [0.25, 0.3) is 0 Å². The van der Waals surface area contributed by atoms with E-state index in [1.165, 1.54) is 0 Å². The Balaban J connectivity index is 1.94. The van der Waals surface area contributed by atoms with Crippen molar-refractivity contribution in [3.05, 3.63) is 72.8 Å². The fourth-order valence-electron chi connectivity index (χ4n) is 2.54. The molecule has 1 aliphatic heterocycles. The minimum Gasteiger partial charge on any atom is -0.352 e. The van der Waals surface area contributed by atoms with E-state index >= 15 is 0 Å². The predicted octanol–water partition coefficient (Wildman–Crippen LogP) is 5.23. The summed E-state index contributed by atoms with van der Waals surface area (Å²) >= 11 is 0. The highest BCUT2D eigenvalue weighted by Crippen LogP contribution is 2.37. The van der Waals surface area contributed by atoms with Crippen LogP contribution < -0.4 is 16.0 Å². The molecule has 3 heteroatoms. The van der Waals surface area contributed by atoms with Crippen LogP contribution >= 0.6 is 0 Å². The molecule has 0 amide bonds. The highest BCUT2D eigenvalue weighted by molar-refractivity contribution is 5.90. The Hall–Kier alpha value is -2.94. The quantitative estimate of drug-likeness (QED) is 0.410. The Labute approximate surface area is 123 Å². The van der Waals surface area contributed by atoms with E-state index in [1.807, 2.05) is 36.4 Å². The minimum absolute atomic E-state index is 1.06. The number of rotatable bonds is 0. The van der Waals surface area contributed by atoms with Gasteiger partial charge in [0.2, 0.25) is 0 Å². The highest BCUT2D eigenvalue weighted by atomic mass is 15.0. The summed E-state index contributed by atoms with van der Waals surface area (Å²) in [6.45, 7) is 0. The third kappa shape index (κ3) is 2.19. The molecule has 0 spiro atoms. The van der Waals surface area contributed by atoms with Crippen LogP contribution in [0.15, 0.2) is 72.8 Å². The van der Waals surface area contributed by atoms with E-state index < -0.39 is 0 Å². The molecular formula is C18H15N3. The standard InChI is InChI=1S/C18H15N3/c1-2-8-14-13(7-1)19-15-9-3-4-10-16(15)21-18-12-6-5-11-17(18)20-14/h1-12,19-21H. The van der Waals surface area contributed by atoms with E-state index in [0.717, 1.165) is 34.1 Å². The largest absolute Gasteiger partial charge is 0.352 e. The van der Waals surface area contributed by atoms with Crippen LogP contribution in [0.1, 0.15) is 0 Å². The number of hydrogen-bond acceptors (Lipinski definition) is 3. The zero-order valence-electron chi connectivity index (χ0n) is 11.4. The van der Waals surface area contributed by atoms with Crippen LogP contribution in [0, 0.1) is 0 Å². The summed E-state index contributed by atoms with van der Waals surface area (Å²) in [5.41, 5.74) is 6.35. The third-order valence-corrected chi connectivity index (χ3v) is 3.59. The summed E-state index contributed by atoms with van der Waals surface area (Å²) < 4.78 is 0. The van der Waals surface area contributed by atoms with E-state index in [2.05, 4.69) is 52.3 Å². The van der Waals surface area contributed by atoms with Crippen molar-refractivity contribution in [1.82, 2.24) is 0 Å². The van der Waals surface area contributed by atoms with Gasteiger partial charge in [-0.05, 0) is 36.4 Å². The topological polar surface area (TPSA) is 36.1 Å². The second kappa shape index (κ2) is 4.87. The van der Waals surface area contributed by atoms with Crippen LogP contribution in [0.2, 0.25) is 0 Å². The highest BCUT2D eigenvalue weighted by Gasteiger charge is 2.11. The molecule has 0 fully saturated rings. The van der Waals surface area contributed by atoms with Crippen molar-refractivity contribution in [2.45, 2.75) is 0 Å². The molecule has 0 aromatic heterocycles. The lowest BCUT2D eigenvalue weighted by atomic mass is 10.2. The second-order valence-electron chi connectivity index (χ2n) is 5.01. The van der Waals surface area contributed by atoms with Gasteiger partial charge in [0.05, 0.1) is 34.1 Å². The van der Waals surface area contributed by atoms with Crippen LogP contribution in [0.25, 0.3) is 0 Å². The molecule has 102 valence electrons. The maximum atomic E-state index is 3.49. The summed E-state index contributed by atoms with van der Waals surface area (Å²) in [5.74, 6) is 0. The van der Waals surface area contributed by atoms with Gasteiger partial charge in [0, 0.05) is 0 Å². The molecule has 0 saturated heterocycles. The number of benzene rings is 3. The first-order valence-corrected chi connectivity index (χ1v) is 6.98. The first kappa shape index (κ1) is 11.9. The number of anilines is 6. The molecule has 4 rings (SSSR count). The Kier molecular flexibility index (Phi) is 2.75. The Morgan fingerprint density at radius 2 is 0.524 bits per heavy atom. The van der Waals surface area contributed by atoms with Crippen molar-refractivity contribution in [3.8, 4) is 0 Å². The molecule has 3 aromatic rings. The molecule has 0 bridgehead atoms. The molecule has 1 aliphatic rings. The van der Waals surface area contributed by atoms with Gasteiger partial charge >= 0.3 is 0 Å². The van der Waals surface area contributed by atoms with Crippen molar-refractivity contribution < 1.29 is 0 Å². The van der Waals surface area contributed by atoms with Crippen molar-refractivity contribution in [1.29, 1.82) is 0 Å². The van der Waals surface area contributed by atoms with Gasteiger partial charge in [-0.25, -0.2) is 0 Å². The molecule has 0 saturated carbocycles. The van der Waals surface area contributed by atoms with Crippen molar-refractivity contribution >= 4 is 34.1 Å². The van der Waals surface area contributed by atoms with Crippen LogP contribution in [-0.2, 0) is 0 Å². The molecule has 0 aliphatic carbocycles. The van der Waals surface area contributed by atoms with Gasteiger partial charge in [-0.1, -0.05) is 36.4 Å². The van der Waals surface area contributed by atoms with Gasteiger partial charge in [-0.15, -0.1) is 0 Å². The molecule has 21 heavy (non-hydrogen) atoms. The van der Waals surface area contributed by atoms with Crippen LogP contribution in [-0.4, -0.2) is 0 Å². The fraction of sp³-hybridized carbons (Fsp3) is 0. The average molecular weight is 273 g/mol. The first-order chi connectivity index (χ1) is 10.4. The van der Waals surface area contributed by atoms with Crippen LogP contribution in [0.3, 0.4) is 0 Å². The fourth-order valence-corrected chi connectivity index (χ4v) is 2.54. The van der Waals surface area contributed by atoms with E-state index in [1.54, 1.807) is 0 Å². The van der Waals surface area contributed by atoms with Gasteiger partial charge in [0.1, 0.15) is 0 Å². The Morgan fingerprint density at radius 3 is 0.714 bits per heavy atom. The summed E-state index contributed by atoms with van der Waals surface area (Å²) in [4.78, 5) is 0. The van der Waals surface area contributed by atoms with Crippen LogP contribution in [0.5, 0.6) is 0 Å². The lowest BCUT2D eigenvalue weighted by molar-refractivity contribution is 1.53. The van der Waals surface area contributed by atoms with Gasteiger partial charge in [-0.2, -0.15) is 0 Å². The maximum absolute atomic E-state index is 3.49. The molecule has 3 N–H and O–H groups in total. The molecular weight excluding hydrogens is 258 g/mol. The van der Waals surface area contributed by atoms with Gasteiger partial charge < -0.3 is 16.0 Å². The van der Waals surface area contributed by atoms with E-state index in [-0.39, 0.29) is 0 Å². The van der Waals surface area contributed by atoms with E-state index in [9.17, 15) is 0 Å². The number of para-hydroxylation sites is 6.